The van der Waals surface area contributed by atoms with Crippen LogP contribution in [0.25, 0.3) is 0 Å². The molecule has 0 aromatic carbocycles. The van der Waals surface area contributed by atoms with Crippen molar-refractivity contribution in [1.29, 1.82) is 0 Å². The fraction of sp³-hybridized carbons (Fsp3) is 0.545. The summed E-state index contributed by atoms with van der Waals surface area (Å²) in [4.78, 5) is 3.99. The number of hydrogen-bond acceptors (Lipinski definition) is 3. The third-order valence-electron chi connectivity index (χ3n) is 2.27. The summed E-state index contributed by atoms with van der Waals surface area (Å²) in [7, 11) is 0. The van der Waals surface area contributed by atoms with Crippen LogP contribution in [-0.2, 0) is 0 Å². The second-order valence-electron chi connectivity index (χ2n) is 3.71. The van der Waals surface area contributed by atoms with Crippen LogP contribution >= 0.6 is 15.9 Å². The standard InChI is InChI=1S/C11H17BrN2O/c1-9(8-15)3-2-5-14-11-4-6-13-7-10(11)12/h4,6-7,9,15H,2-3,5,8H2,1H3,(H,13,14). The molecule has 0 radical (unpaired) electrons. The smallest absolute Gasteiger partial charge is 0.0590 e. The molecule has 0 saturated heterocycles. The van der Waals surface area contributed by atoms with E-state index in [1.807, 2.05) is 6.07 Å². The molecule has 0 aliphatic rings. The molecular formula is C11H17BrN2O. The van der Waals surface area contributed by atoms with Crippen LogP contribution in [-0.4, -0.2) is 23.2 Å². The number of halogens is 1. The summed E-state index contributed by atoms with van der Waals surface area (Å²) in [6.45, 7) is 3.26. The Hall–Kier alpha value is -0.610. The molecule has 1 heterocycles. The van der Waals surface area contributed by atoms with Crippen LogP contribution in [0.4, 0.5) is 5.69 Å². The highest BCUT2D eigenvalue weighted by Gasteiger charge is 2.00. The van der Waals surface area contributed by atoms with Gasteiger partial charge in [0.05, 0.1) is 10.2 Å². The van der Waals surface area contributed by atoms with E-state index in [0.29, 0.717) is 5.92 Å². The Kier molecular flexibility index (Phi) is 5.65. The Morgan fingerprint density at radius 3 is 3.07 bits per heavy atom. The Balaban J connectivity index is 2.23. The first-order valence-corrected chi connectivity index (χ1v) is 5.97. The summed E-state index contributed by atoms with van der Waals surface area (Å²) in [5.74, 6) is 0.396. The van der Waals surface area contributed by atoms with Crippen molar-refractivity contribution >= 4 is 21.6 Å². The molecule has 0 bridgehead atoms. The van der Waals surface area contributed by atoms with E-state index in [1.54, 1.807) is 12.4 Å². The maximum Gasteiger partial charge on any atom is 0.0590 e. The molecule has 4 heteroatoms. The van der Waals surface area contributed by atoms with Crippen molar-refractivity contribution in [2.75, 3.05) is 18.5 Å². The average Bonchev–Trinajstić information content (AvgIpc) is 2.26. The van der Waals surface area contributed by atoms with Gasteiger partial charge in [-0.3, -0.25) is 4.98 Å². The molecule has 1 aromatic heterocycles. The number of aromatic nitrogens is 1. The van der Waals surface area contributed by atoms with Crippen molar-refractivity contribution in [2.24, 2.45) is 5.92 Å². The summed E-state index contributed by atoms with van der Waals surface area (Å²) < 4.78 is 0.986. The Morgan fingerprint density at radius 2 is 2.40 bits per heavy atom. The van der Waals surface area contributed by atoms with Crippen LogP contribution in [0.1, 0.15) is 19.8 Å². The van der Waals surface area contributed by atoms with Crippen molar-refractivity contribution in [2.45, 2.75) is 19.8 Å². The topological polar surface area (TPSA) is 45.1 Å². The van der Waals surface area contributed by atoms with Gasteiger partial charge in [0.15, 0.2) is 0 Å². The van der Waals surface area contributed by atoms with Crippen LogP contribution in [0, 0.1) is 5.92 Å². The zero-order valence-corrected chi connectivity index (χ0v) is 10.5. The highest BCUT2D eigenvalue weighted by atomic mass is 79.9. The van der Waals surface area contributed by atoms with Gasteiger partial charge < -0.3 is 10.4 Å². The average molecular weight is 273 g/mol. The minimum absolute atomic E-state index is 0.277. The molecule has 0 aliphatic heterocycles. The number of hydrogen-bond donors (Lipinski definition) is 2. The molecule has 3 nitrogen and oxygen atoms in total. The number of nitrogens with one attached hydrogen (secondary N) is 1. The second-order valence-corrected chi connectivity index (χ2v) is 4.57. The lowest BCUT2D eigenvalue weighted by Gasteiger charge is -2.10. The van der Waals surface area contributed by atoms with Crippen molar-refractivity contribution in [3.63, 3.8) is 0 Å². The second kappa shape index (κ2) is 6.80. The predicted molar refractivity (Wildman–Crippen MR) is 65.9 cm³/mol. The van der Waals surface area contributed by atoms with E-state index in [4.69, 9.17) is 5.11 Å². The van der Waals surface area contributed by atoms with E-state index in [-0.39, 0.29) is 6.61 Å². The van der Waals surface area contributed by atoms with Gasteiger partial charge in [0, 0.05) is 25.5 Å². The molecule has 1 aromatic rings. The van der Waals surface area contributed by atoms with E-state index < -0.39 is 0 Å². The molecule has 15 heavy (non-hydrogen) atoms. The van der Waals surface area contributed by atoms with Crippen LogP contribution in [0.15, 0.2) is 22.9 Å². The highest BCUT2D eigenvalue weighted by molar-refractivity contribution is 9.10. The van der Waals surface area contributed by atoms with Gasteiger partial charge in [0.2, 0.25) is 0 Å². The minimum atomic E-state index is 0.277. The molecular weight excluding hydrogens is 256 g/mol. The van der Waals surface area contributed by atoms with Gasteiger partial charge in [0.1, 0.15) is 0 Å². The maximum atomic E-state index is 8.86. The Morgan fingerprint density at radius 1 is 1.60 bits per heavy atom. The molecule has 1 atom stereocenters. The molecule has 0 spiro atoms. The van der Waals surface area contributed by atoms with E-state index in [0.717, 1.165) is 29.5 Å². The first-order valence-electron chi connectivity index (χ1n) is 5.18. The van der Waals surface area contributed by atoms with Gasteiger partial charge in [-0.2, -0.15) is 0 Å². The third-order valence-corrected chi connectivity index (χ3v) is 2.91. The quantitative estimate of drug-likeness (QED) is 0.783. The normalized spacial score (nSPS) is 12.5. The molecule has 0 aliphatic carbocycles. The number of nitrogens with zero attached hydrogens (tertiary/aromatic N) is 1. The van der Waals surface area contributed by atoms with Crippen molar-refractivity contribution in [3.05, 3.63) is 22.9 Å². The SMILES string of the molecule is CC(CO)CCCNc1ccncc1Br. The van der Waals surface area contributed by atoms with Crippen LogP contribution in [0.5, 0.6) is 0 Å². The van der Waals surface area contributed by atoms with Crippen LogP contribution in [0.2, 0.25) is 0 Å². The van der Waals surface area contributed by atoms with E-state index >= 15 is 0 Å². The Labute approximate surface area is 99.1 Å². The van der Waals surface area contributed by atoms with Crippen molar-refractivity contribution < 1.29 is 5.11 Å². The monoisotopic (exact) mass is 272 g/mol. The molecule has 1 rings (SSSR count). The van der Waals surface area contributed by atoms with Crippen LogP contribution < -0.4 is 5.32 Å². The van der Waals surface area contributed by atoms with Crippen LogP contribution in [0.3, 0.4) is 0 Å². The fourth-order valence-electron chi connectivity index (χ4n) is 1.28. The number of rotatable bonds is 6. The zero-order chi connectivity index (χ0) is 11.1. The summed E-state index contributed by atoms with van der Waals surface area (Å²) in [5.41, 5.74) is 1.07. The largest absolute Gasteiger partial charge is 0.396 e. The lowest BCUT2D eigenvalue weighted by molar-refractivity contribution is 0.229. The number of anilines is 1. The first-order chi connectivity index (χ1) is 7.24. The molecule has 0 amide bonds. The Bertz CT molecular complexity index is 294. The number of pyridine rings is 1. The summed E-state index contributed by atoms with van der Waals surface area (Å²) in [6, 6.07) is 1.94. The predicted octanol–water partition coefficient (Wildman–Crippen LogP) is 2.66. The third kappa shape index (κ3) is 4.62. The fourth-order valence-corrected chi connectivity index (χ4v) is 1.67. The first kappa shape index (κ1) is 12.5. The van der Waals surface area contributed by atoms with Gasteiger partial charge in [-0.1, -0.05) is 6.92 Å². The summed E-state index contributed by atoms with van der Waals surface area (Å²) in [5, 5.41) is 12.2. The molecule has 0 saturated carbocycles. The van der Waals surface area contributed by atoms with Gasteiger partial charge in [0.25, 0.3) is 0 Å². The molecule has 0 fully saturated rings. The molecule has 1 unspecified atom stereocenters. The summed E-state index contributed by atoms with van der Waals surface area (Å²) in [6.07, 6.45) is 5.66. The van der Waals surface area contributed by atoms with Gasteiger partial charge in [-0.15, -0.1) is 0 Å². The van der Waals surface area contributed by atoms with E-state index in [9.17, 15) is 0 Å². The lowest BCUT2D eigenvalue weighted by Crippen LogP contribution is -2.06. The van der Waals surface area contributed by atoms with E-state index in [2.05, 4.69) is 33.2 Å². The lowest BCUT2D eigenvalue weighted by atomic mass is 10.1. The van der Waals surface area contributed by atoms with Gasteiger partial charge in [-0.05, 0) is 40.8 Å². The zero-order valence-electron chi connectivity index (χ0n) is 8.91. The summed E-state index contributed by atoms with van der Waals surface area (Å²) >= 11 is 3.43. The minimum Gasteiger partial charge on any atom is -0.396 e. The highest BCUT2D eigenvalue weighted by Crippen LogP contribution is 2.19. The van der Waals surface area contributed by atoms with Crippen molar-refractivity contribution in [3.8, 4) is 0 Å². The number of aliphatic hydroxyl groups is 1. The molecule has 84 valence electrons. The maximum absolute atomic E-state index is 8.86. The van der Waals surface area contributed by atoms with Gasteiger partial charge >= 0.3 is 0 Å². The number of aliphatic hydroxyl groups excluding tert-OH is 1. The van der Waals surface area contributed by atoms with E-state index in [1.165, 1.54) is 0 Å². The van der Waals surface area contributed by atoms with Crippen molar-refractivity contribution in [1.82, 2.24) is 4.98 Å². The van der Waals surface area contributed by atoms with Gasteiger partial charge in [-0.25, -0.2) is 0 Å². The molecule has 2 N–H and O–H groups in total.